The summed E-state index contributed by atoms with van der Waals surface area (Å²) in [5.41, 5.74) is 0.623. The van der Waals surface area contributed by atoms with Gasteiger partial charge < -0.3 is 14.8 Å². The van der Waals surface area contributed by atoms with E-state index in [1.165, 1.54) is 43.5 Å². The molecular formula is C16H16F2N2O5S. The summed E-state index contributed by atoms with van der Waals surface area (Å²) in [6.45, 7) is -2.84. The monoisotopic (exact) mass is 386 g/mol. The van der Waals surface area contributed by atoms with E-state index in [9.17, 15) is 22.0 Å². The molecule has 2 aromatic carbocycles. The predicted molar refractivity (Wildman–Crippen MR) is 88.6 cm³/mol. The Morgan fingerprint density at radius 3 is 2.38 bits per heavy atom. The number of ether oxygens (including phenoxy) is 2. The number of carbonyl (C=O) groups excluding carboxylic acids is 1. The van der Waals surface area contributed by atoms with E-state index < -0.39 is 22.5 Å². The molecule has 0 aliphatic carbocycles. The number of carbonyl (C=O) groups is 1. The summed E-state index contributed by atoms with van der Waals surface area (Å²) in [7, 11) is -2.64. The summed E-state index contributed by atoms with van der Waals surface area (Å²) in [5, 5.41) is 7.65. The molecule has 0 aliphatic heterocycles. The van der Waals surface area contributed by atoms with Gasteiger partial charge in [-0.1, -0.05) is 12.1 Å². The molecule has 0 heterocycles. The van der Waals surface area contributed by atoms with Crippen LogP contribution in [0.5, 0.6) is 11.5 Å². The quantitative estimate of drug-likeness (QED) is 0.755. The third-order valence-electron chi connectivity index (χ3n) is 3.35. The Balaban J connectivity index is 2.12. The number of hydrogen-bond acceptors (Lipinski definition) is 5. The zero-order valence-electron chi connectivity index (χ0n) is 13.6. The van der Waals surface area contributed by atoms with E-state index in [2.05, 4.69) is 10.1 Å². The molecule has 2 aromatic rings. The zero-order valence-corrected chi connectivity index (χ0v) is 14.4. The lowest BCUT2D eigenvalue weighted by atomic mass is 10.1. The average molecular weight is 386 g/mol. The van der Waals surface area contributed by atoms with E-state index >= 15 is 0 Å². The van der Waals surface area contributed by atoms with E-state index in [1.54, 1.807) is 0 Å². The van der Waals surface area contributed by atoms with Crippen LogP contribution < -0.4 is 19.9 Å². The van der Waals surface area contributed by atoms with Crippen molar-refractivity contribution in [1.29, 1.82) is 0 Å². The van der Waals surface area contributed by atoms with Crippen molar-refractivity contribution < 1.29 is 31.5 Å². The first-order valence-electron chi connectivity index (χ1n) is 7.23. The van der Waals surface area contributed by atoms with Crippen LogP contribution in [0.4, 0.5) is 8.78 Å². The molecule has 0 bridgehead atoms. The van der Waals surface area contributed by atoms with Crippen molar-refractivity contribution in [3.05, 3.63) is 53.6 Å². The number of alkyl halides is 2. The Kier molecular flexibility index (Phi) is 6.11. The first kappa shape index (κ1) is 19.6. The average Bonchev–Trinajstić information content (AvgIpc) is 2.59. The molecule has 0 saturated carbocycles. The number of hydrogen-bond donors (Lipinski definition) is 2. The van der Waals surface area contributed by atoms with Gasteiger partial charge in [0, 0.05) is 6.54 Å². The zero-order chi connectivity index (χ0) is 19.3. The highest BCUT2D eigenvalue weighted by atomic mass is 32.2. The minimum Gasteiger partial charge on any atom is -0.496 e. The summed E-state index contributed by atoms with van der Waals surface area (Å²) in [6, 6.07) is 9.37. The molecule has 7 nitrogen and oxygen atoms in total. The largest absolute Gasteiger partial charge is 0.496 e. The summed E-state index contributed by atoms with van der Waals surface area (Å²) in [5.74, 6) is -0.409. The minimum atomic E-state index is -3.98. The number of halogens is 2. The lowest BCUT2D eigenvalue weighted by Crippen LogP contribution is -2.24. The molecule has 0 aliphatic rings. The number of nitrogens with one attached hydrogen (secondary N) is 1. The molecule has 0 unspecified atom stereocenters. The van der Waals surface area contributed by atoms with E-state index in [0.717, 1.165) is 6.07 Å². The number of nitrogens with two attached hydrogens (primary N) is 1. The van der Waals surface area contributed by atoms with Crippen LogP contribution in [0.3, 0.4) is 0 Å². The van der Waals surface area contributed by atoms with Crippen molar-refractivity contribution in [2.75, 3.05) is 7.11 Å². The number of benzene rings is 2. The second-order valence-electron chi connectivity index (χ2n) is 5.11. The van der Waals surface area contributed by atoms with E-state index in [0.29, 0.717) is 5.56 Å². The van der Waals surface area contributed by atoms with Crippen LogP contribution in [0.15, 0.2) is 47.4 Å². The van der Waals surface area contributed by atoms with E-state index in [1.807, 2.05) is 0 Å². The number of primary sulfonamides is 1. The molecule has 0 atom stereocenters. The molecule has 3 N–H and O–H groups in total. The van der Waals surface area contributed by atoms with E-state index in [-0.39, 0.29) is 28.5 Å². The van der Waals surface area contributed by atoms with Crippen molar-refractivity contribution >= 4 is 15.9 Å². The van der Waals surface area contributed by atoms with Crippen molar-refractivity contribution in [3.8, 4) is 11.5 Å². The molecule has 0 spiro atoms. The predicted octanol–water partition coefficient (Wildman–Crippen LogP) is 1.87. The Bertz CT molecular complexity index is 886. The Morgan fingerprint density at radius 1 is 1.19 bits per heavy atom. The van der Waals surface area contributed by atoms with Gasteiger partial charge in [-0.2, -0.15) is 8.78 Å². The van der Waals surface area contributed by atoms with Gasteiger partial charge in [-0.3, -0.25) is 4.79 Å². The van der Waals surface area contributed by atoms with Gasteiger partial charge in [0.25, 0.3) is 5.91 Å². The van der Waals surface area contributed by atoms with Crippen LogP contribution in [-0.4, -0.2) is 28.0 Å². The lowest BCUT2D eigenvalue weighted by Gasteiger charge is -2.11. The summed E-state index contributed by atoms with van der Waals surface area (Å²) in [4.78, 5) is 12.1. The van der Waals surface area contributed by atoms with Crippen LogP contribution in [0.2, 0.25) is 0 Å². The third-order valence-corrected chi connectivity index (χ3v) is 4.26. The first-order valence-corrected chi connectivity index (χ1v) is 8.78. The summed E-state index contributed by atoms with van der Waals surface area (Å²) in [6.07, 6.45) is 0. The topological polar surface area (TPSA) is 108 Å². The van der Waals surface area contributed by atoms with Gasteiger partial charge in [0.15, 0.2) is 0 Å². The van der Waals surface area contributed by atoms with Gasteiger partial charge in [0.2, 0.25) is 10.0 Å². The lowest BCUT2D eigenvalue weighted by molar-refractivity contribution is -0.0498. The van der Waals surface area contributed by atoms with Crippen molar-refractivity contribution in [3.63, 3.8) is 0 Å². The van der Waals surface area contributed by atoms with Crippen molar-refractivity contribution in [2.45, 2.75) is 18.1 Å². The Labute approximate surface area is 148 Å². The van der Waals surface area contributed by atoms with Crippen LogP contribution in [-0.2, 0) is 16.6 Å². The molecule has 0 saturated heterocycles. The fourth-order valence-electron chi connectivity index (χ4n) is 2.11. The molecule has 10 heteroatoms. The molecule has 0 aromatic heterocycles. The number of sulfonamides is 1. The molecular weight excluding hydrogens is 370 g/mol. The SMILES string of the molecule is COc1ccc(S(N)(=O)=O)cc1C(=O)NCc1ccc(OC(F)F)cc1. The number of rotatable bonds is 7. The molecule has 140 valence electrons. The molecule has 26 heavy (non-hydrogen) atoms. The van der Waals surface area contributed by atoms with Gasteiger partial charge >= 0.3 is 6.61 Å². The Hall–Kier alpha value is -2.72. The van der Waals surface area contributed by atoms with Gasteiger partial charge in [-0.05, 0) is 35.9 Å². The minimum absolute atomic E-state index is 0.00222. The van der Waals surface area contributed by atoms with Crippen LogP contribution in [0, 0.1) is 0 Å². The van der Waals surface area contributed by atoms with Crippen molar-refractivity contribution in [1.82, 2.24) is 5.32 Å². The number of methoxy groups -OCH3 is 1. The highest BCUT2D eigenvalue weighted by Gasteiger charge is 2.17. The van der Waals surface area contributed by atoms with Gasteiger partial charge in [-0.25, -0.2) is 13.6 Å². The maximum Gasteiger partial charge on any atom is 0.387 e. The standard InChI is InChI=1S/C16H16F2N2O5S/c1-24-14-7-6-12(26(19,22)23)8-13(14)15(21)20-9-10-2-4-11(5-3-10)25-16(17)18/h2-8,16H,9H2,1H3,(H,20,21)(H2,19,22,23). The molecule has 1 amide bonds. The fraction of sp³-hybridized carbons (Fsp3) is 0.188. The Morgan fingerprint density at radius 2 is 1.85 bits per heavy atom. The second kappa shape index (κ2) is 8.11. The van der Waals surface area contributed by atoms with Gasteiger partial charge in [0.05, 0.1) is 17.6 Å². The summed E-state index contributed by atoms with van der Waals surface area (Å²) < 4.78 is 56.4. The normalized spacial score (nSPS) is 11.3. The maximum atomic E-state index is 12.3. The van der Waals surface area contributed by atoms with Crippen LogP contribution >= 0.6 is 0 Å². The molecule has 0 fully saturated rings. The first-order chi connectivity index (χ1) is 12.2. The van der Waals surface area contributed by atoms with Gasteiger partial charge in [-0.15, -0.1) is 0 Å². The smallest absolute Gasteiger partial charge is 0.387 e. The van der Waals surface area contributed by atoms with Gasteiger partial charge in [0.1, 0.15) is 11.5 Å². The number of amides is 1. The van der Waals surface area contributed by atoms with Crippen molar-refractivity contribution in [2.24, 2.45) is 5.14 Å². The third kappa shape index (κ3) is 5.14. The highest BCUT2D eigenvalue weighted by molar-refractivity contribution is 7.89. The van der Waals surface area contributed by atoms with E-state index in [4.69, 9.17) is 9.88 Å². The molecule has 2 rings (SSSR count). The highest BCUT2D eigenvalue weighted by Crippen LogP contribution is 2.22. The maximum absolute atomic E-state index is 12.3. The molecule has 0 radical (unpaired) electrons. The summed E-state index contributed by atoms with van der Waals surface area (Å²) >= 11 is 0. The fourth-order valence-corrected chi connectivity index (χ4v) is 2.65. The van der Waals surface area contributed by atoms with Crippen LogP contribution in [0.25, 0.3) is 0 Å². The second-order valence-corrected chi connectivity index (χ2v) is 6.67. The van der Waals surface area contributed by atoms with Crippen LogP contribution in [0.1, 0.15) is 15.9 Å².